The van der Waals surface area contributed by atoms with Gasteiger partial charge in [0.05, 0.1) is 12.5 Å². The largest absolute Gasteiger partial charge is 0.440 e. The van der Waals surface area contributed by atoms with Crippen LogP contribution in [0.5, 0.6) is 0 Å². The molecule has 2 unspecified atom stereocenters. The molecule has 6 nitrogen and oxygen atoms in total. The van der Waals surface area contributed by atoms with Crippen molar-refractivity contribution in [3.05, 3.63) is 58.8 Å². The van der Waals surface area contributed by atoms with Crippen LogP contribution in [0, 0.1) is 17.7 Å². The lowest BCUT2D eigenvalue weighted by Gasteiger charge is -2.22. The number of rotatable bonds is 5. The minimum atomic E-state index is -0.964. The molecule has 2 amide bonds. The molecule has 2 N–H and O–H groups in total. The zero-order valence-electron chi connectivity index (χ0n) is 14.3. The normalized spacial score (nSPS) is 24.4. The molecule has 2 aliphatic rings. The molecule has 27 heavy (non-hydrogen) atoms. The van der Waals surface area contributed by atoms with Gasteiger partial charge in [0.1, 0.15) is 5.82 Å². The molecule has 2 heterocycles. The van der Waals surface area contributed by atoms with Gasteiger partial charge in [-0.2, -0.15) is 0 Å². The van der Waals surface area contributed by atoms with Gasteiger partial charge in [-0.25, -0.2) is 4.39 Å². The lowest BCUT2D eigenvalue weighted by Crippen LogP contribution is -2.37. The van der Waals surface area contributed by atoms with E-state index >= 15 is 0 Å². The van der Waals surface area contributed by atoms with E-state index in [1.165, 1.54) is 36.4 Å². The lowest BCUT2D eigenvalue weighted by molar-refractivity contribution is -0.132. The molecule has 0 bridgehead atoms. The predicted octanol–water partition coefficient (Wildman–Crippen LogP) is 2.38. The number of piperidine rings is 1. The summed E-state index contributed by atoms with van der Waals surface area (Å²) in [5.74, 6) is -0.257. The first-order chi connectivity index (χ1) is 12.9. The van der Waals surface area contributed by atoms with Gasteiger partial charge in [-0.3, -0.25) is 9.59 Å². The first-order valence-electron chi connectivity index (χ1n) is 8.70. The Hall–Kier alpha value is -2.38. The fourth-order valence-corrected chi connectivity index (χ4v) is 3.85. The molecule has 0 spiro atoms. The molecular formula is C19H18ClFN2O4. The summed E-state index contributed by atoms with van der Waals surface area (Å²) in [6, 6.07) is 8.51. The molecule has 1 saturated carbocycles. The van der Waals surface area contributed by atoms with E-state index in [1.807, 2.05) is 0 Å². The van der Waals surface area contributed by atoms with Gasteiger partial charge >= 0.3 is 0 Å². The minimum absolute atomic E-state index is 0.0208. The van der Waals surface area contributed by atoms with Crippen molar-refractivity contribution in [2.45, 2.75) is 18.6 Å². The van der Waals surface area contributed by atoms with Gasteiger partial charge in [0.25, 0.3) is 5.91 Å². The molecule has 2 fully saturated rings. The summed E-state index contributed by atoms with van der Waals surface area (Å²) in [4.78, 5) is 26.2. The Morgan fingerprint density at radius 3 is 2.48 bits per heavy atom. The number of carbonyl (C=O) groups excluding carboxylic acids is 2. The van der Waals surface area contributed by atoms with Gasteiger partial charge in [-0.1, -0.05) is 12.1 Å². The Kier molecular flexibility index (Phi) is 4.65. The van der Waals surface area contributed by atoms with E-state index in [4.69, 9.17) is 16.0 Å². The van der Waals surface area contributed by atoms with Crippen LogP contribution in [0.1, 0.15) is 28.6 Å². The predicted molar refractivity (Wildman–Crippen MR) is 94.5 cm³/mol. The number of benzene rings is 1. The number of hydrogen-bond acceptors (Lipinski definition) is 4. The van der Waals surface area contributed by atoms with E-state index in [9.17, 15) is 19.1 Å². The van der Waals surface area contributed by atoms with E-state index in [2.05, 4.69) is 5.32 Å². The summed E-state index contributed by atoms with van der Waals surface area (Å²) in [7, 11) is 0. The van der Waals surface area contributed by atoms with Crippen molar-refractivity contribution < 1.29 is 23.5 Å². The number of carbonyl (C=O) groups is 2. The average molecular weight is 393 g/mol. The van der Waals surface area contributed by atoms with E-state index in [0.29, 0.717) is 18.7 Å². The van der Waals surface area contributed by atoms with Crippen molar-refractivity contribution in [1.82, 2.24) is 10.2 Å². The van der Waals surface area contributed by atoms with Crippen molar-refractivity contribution in [1.29, 1.82) is 0 Å². The number of furan rings is 1. The number of fused-ring (bicyclic) bond motifs is 1. The summed E-state index contributed by atoms with van der Waals surface area (Å²) < 4.78 is 18.0. The molecule has 0 radical (unpaired) electrons. The van der Waals surface area contributed by atoms with Gasteiger partial charge in [-0.05, 0) is 41.4 Å². The summed E-state index contributed by atoms with van der Waals surface area (Å²) in [5, 5.41) is 13.2. The average Bonchev–Trinajstić information content (AvgIpc) is 3.02. The molecule has 142 valence electrons. The monoisotopic (exact) mass is 392 g/mol. The van der Waals surface area contributed by atoms with Crippen LogP contribution in [0.4, 0.5) is 4.39 Å². The SMILES string of the molecule is O=C(NC1[C@H]2CN(C(=O)CC(O)c3ccc(F)cc3)C[C@@H]12)c1ccc(Cl)o1. The van der Waals surface area contributed by atoms with Crippen LogP contribution in [0.3, 0.4) is 0 Å². The van der Waals surface area contributed by atoms with E-state index in [1.54, 1.807) is 4.90 Å². The number of likely N-dealkylation sites (tertiary alicyclic amines) is 1. The van der Waals surface area contributed by atoms with Crippen molar-refractivity contribution in [3.8, 4) is 0 Å². The van der Waals surface area contributed by atoms with Crippen LogP contribution in [0.15, 0.2) is 40.8 Å². The second-order valence-electron chi connectivity index (χ2n) is 7.00. The lowest BCUT2D eigenvalue weighted by atomic mass is 10.1. The molecule has 1 saturated heterocycles. The van der Waals surface area contributed by atoms with Crippen molar-refractivity contribution in [2.24, 2.45) is 11.8 Å². The number of amides is 2. The molecular weight excluding hydrogens is 375 g/mol. The van der Waals surface area contributed by atoms with Crippen LogP contribution < -0.4 is 5.32 Å². The van der Waals surface area contributed by atoms with Gasteiger partial charge in [0.2, 0.25) is 5.91 Å². The Bertz CT molecular complexity index is 857. The van der Waals surface area contributed by atoms with Crippen molar-refractivity contribution in [3.63, 3.8) is 0 Å². The number of aliphatic hydroxyl groups is 1. The second-order valence-corrected chi connectivity index (χ2v) is 7.37. The first kappa shape index (κ1) is 18.0. The van der Waals surface area contributed by atoms with Crippen molar-refractivity contribution >= 4 is 23.4 Å². The number of nitrogens with zero attached hydrogens (tertiary/aromatic N) is 1. The zero-order valence-corrected chi connectivity index (χ0v) is 15.0. The fourth-order valence-electron chi connectivity index (χ4n) is 3.70. The molecule has 4 rings (SSSR count). The molecule has 1 aliphatic heterocycles. The van der Waals surface area contributed by atoms with Crippen LogP contribution in [-0.4, -0.2) is 41.0 Å². The molecule has 4 atom stereocenters. The van der Waals surface area contributed by atoms with Crippen LogP contribution in [0.25, 0.3) is 0 Å². The van der Waals surface area contributed by atoms with E-state index in [0.717, 1.165) is 0 Å². The van der Waals surface area contributed by atoms with E-state index < -0.39 is 6.10 Å². The third kappa shape index (κ3) is 3.70. The first-order valence-corrected chi connectivity index (χ1v) is 9.07. The number of halogens is 2. The third-order valence-corrected chi connectivity index (χ3v) is 5.47. The molecule has 1 aliphatic carbocycles. The quantitative estimate of drug-likeness (QED) is 0.818. The number of hydrogen-bond donors (Lipinski definition) is 2. The number of aliphatic hydroxyl groups excluding tert-OH is 1. The summed E-state index contributed by atoms with van der Waals surface area (Å²) in [6.45, 7) is 1.09. The van der Waals surface area contributed by atoms with Crippen LogP contribution in [0.2, 0.25) is 5.22 Å². The minimum Gasteiger partial charge on any atom is -0.440 e. The maximum Gasteiger partial charge on any atom is 0.287 e. The summed E-state index contributed by atoms with van der Waals surface area (Å²) >= 11 is 5.67. The zero-order chi connectivity index (χ0) is 19.1. The summed E-state index contributed by atoms with van der Waals surface area (Å²) in [6.07, 6.45) is -1.01. The van der Waals surface area contributed by atoms with Gasteiger partial charge in [0.15, 0.2) is 11.0 Å². The summed E-state index contributed by atoms with van der Waals surface area (Å²) in [5.41, 5.74) is 0.511. The molecule has 2 aromatic rings. The maximum atomic E-state index is 12.9. The standard InChI is InChI=1S/C19H18ClFN2O4/c20-16-6-5-15(27-16)19(26)22-18-12-8-23(9-13(12)18)17(25)7-14(24)10-1-3-11(21)4-2-10/h1-6,12-14,18,24H,7-9H2,(H,22,26)/t12-,13+,14?,18?. The highest BCUT2D eigenvalue weighted by molar-refractivity contribution is 6.29. The third-order valence-electron chi connectivity index (χ3n) is 5.26. The van der Waals surface area contributed by atoms with E-state index in [-0.39, 0.29) is 52.9 Å². The van der Waals surface area contributed by atoms with Gasteiger partial charge in [-0.15, -0.1) is 0 Å². The highest BCUT2D eigenvalue weighted by Gasteiger charge is 2.57. The molecule has 1 aromatic carbocycles. The fraction of sp³-hybridized carbons (Fsp3) is 0.368. The molecule has 8 heteroatoms. The topological polar surface area (TPSA) is 82.8 Å². The highest BCUT2D eigenvalue weighted by Crippen LogP contribution is 2.46. The van der Waals surface area contributed by atoms with Crippen LogP contribution in [-0.2, 0) is 4.79 Å². The Labute approximate surface area is 159 Å². The Balaban J connectivity index is 1.26. The Morgan fingerprint density at radius 2 is 1.89 bits per heavy atom. The Morgan fingerprint density at radius 1 is 1.22 bits per heavy atom. The highest BCUT2D eigenvalue weighted by atomic mass is 35.5. The van der Waals surface area contributed by atoms with Crippen molar-refractivity contribution in [2.75, 3.05) is 13.1 Å². The molecule has 1 aromatic heterocycles. The van der Waals surface area contributed by atoms with Crippen LogP contribution >= 0.6 is 11.6 Å². The van der Waals surface area contributed by atoms with Gasteiger partial charge in [0, 0.05) is 31.0 Å². The maximum absolute atomic E-state index is 12.9. The smallest absolute Gasteiger partial charge is 0.287 e. The van der Waals surface area contributed by atoms with Gasteiger partial charge < -0.3 is 19.7 Å². The second kappa shape index (κ2) is 6.98. The number of nitrogens with one attached hydrogen (secondary N) is 1.